The monoisotopic (exact) mass is 278 g/mol. The van der Waals surface area contributed by atoms with Crippen LogP contribution in [0.4, 0.5) is 0 Å². The van der Waals surface area contributed by atoms with Gasteiger partial charge in [0, 0.05) is 38.8 Å². The summed E-state index contributed by atoms with van der Waals surface area (Å²) in [6, 6.07) is 3.49. The van der Waals surface area contributed by atoms with Crippen LogP contribution in [0.25, 0.3) is 0 Å². The summed E-state index contributed by atoms with van der Waals surface area (Å²) < 4.78 is 2.03. The third kappa shape index (κ3) is 3.41. The Bertz CT molecular complexity index is 426. The largest absolute Gasteiger partial charge is 0.311 e. The molecule has 114 valence electrons. The van der Waals surface area contributed by atoms with E-state index in [9.17, 15) is 0 Å². The van der Waals surface area contributed by atoms with Crippen LogP contribution in [0.1, 0.15) is 45.0 Å². The van der Waals surface area contributed by atoms with Crippen molar-refractivity contribution in [2.24, 2.45) is 13.0 Å². The van der Waals surface area contributed by atoms with Crippen LogP contribution in [0.15, 0.2) is 6.07 Å². The van der Waals surface area contributed by atoms with E-state index in [1.807, 2.05) is 4.68 Å². The van der Waals surface area contributed by atoms with Crippen molar-refractivity contribution in [3.05, 3.63) is 17.5 Å². The van der Waals surface area contributed by atoms with Crippen molar-refractivity contribution in [3.63, 3.8) is 0 Å². The molecule has 0 amide bonds. The van der Waals surface area contributed by atoms with E-state index in [0.29, 0.717) is 12.1 Å². The van der Waals surface area contributed by atoms with Gasteiger partial charge in [-0.15, -0.1) is 0 Å². The van der Waals surface area contributed by atoms with Crippen LogP contribution < -0.4 is 5.32 Å². The van der Waals surface area contributed by atoms with Crippen LogP contribution in [0.3, 0.4) is 0 Å². The number of nitrogens with zero attached hydrogens (tertiary/aromatic N) is 3. The Morgan fingerprint density at radius 3 is 2.75 bits per heavy atom. The summed E-state index contributed by atoms with van der Waals surface area (Å²) in [6.45, 7) is 12.3. The fraction of sp³-hybridized carbons (Fsp3) is 0.812. The van der Waals surface area contributed by atoms with Gasteiger partial charge in [-0.3, -0.25) is 9.58 Å². The fourth-order valence-electron chi connectivity index (χ4n) is 3.21. The number of aromatic nitrogens is 2. The molecule has 0 spiro atoms. The number of nitrogens with one attached hydrogen (secondary N) is 1. The number of aryl methyl sites for hydroxylation is 2. The molecule has 4 nitrogen and oxygen atoms in total. The van der Waals surface area contributed by atoms with Gasteiger partial charge in [-0.05, 0) is 25.3 Å². The molecule has 1 aromatic rings. The van der Waals surface area contributed by atoms with E-state index < -0.39 is 0 Å². The van der Waals surface area contributed by atoms with Gasteiger partial charge in [-0.2, -0.15) is 5.10 Å². The molecule has 1 aromatic heterocycles. The minimum atomic E-state index is 0.629. The van der Waals surface area contributed by atoms with E-state index in [0.717, 1.165) is 31.2 Å². The van der Waals surface area contributed by atoms with Gasteiger partial charge in [-0.1, -0.05) is 27.2 Å². The average Bonchev–Trinajstić information content (AvgIpc) is 2.76. The normalized spacial score (nSPS) is 25.9. The van der Waals surface area contributed by atoms with Gasteiger partial charge in [-0.25, -0.2) is 0 Å². The molecular formula is C16H30N4. The predicted octanol–water partition coefficient (Wildman–Crippen LogP) is 2.33. The van der Waals surface area contributed by atoms with Crippen LogP contribution in [-0.2, 0) is 13.6 Å². The molecule has 3 unspecified atom stereocenters. The summed E-state index contributed by atoms with van der Waals surface area (Å²) in [5.41, 5.74) is 2.44. The van der Waals surface area contributed by atoms with E-state index in [-0.39, 0.29) is 0 Å². The molecule has 0 aromatic carbocycles. The standard InChI is InChI=1S/C16H30N4/c1-6-12(3)16-9-17-14(7-2)10-20(16)11-15-8-13(4)18-19(15)5/h8,12,14,16-17H,6-7,9-11H2,1-5H3. The Kier molecular flexibility index (Phi) is 5.22. The van der Waals surface area contributed by atoms with Gasteiger partial charge >= 0.3 is 0 Å². The second-order valence-corrected chi connectivity index (χ2v) is 6.30. The molecule has 1 N–H and O–H groups in total. The van der Waals surface area contributed by atoms with Crippen molar-refractivity contribution < 1.29 is 0 Å². The number of hydrogen-bond donors (Lipinski definition) is 1. The summed E-state index contributed by atoms with van der Waals surface area (Å²) in [6.07, 6.45) is 2.44. The minimum Gasteiger partial charge on any atom is -0.311 e. The second-order valence-electron chi connectivity index (χ2n) is 6.30. The summed E-state index contributed by atoms with van der Waals surface area (Å²) in [5.74, 6) is 0.731. The number of hydrogen-bond acceptors (Lipinski definition) is 3. The maximum Gasteiger partial charge on any atom is 0.0597 e. The van der Waals surface area contributed by atoms with Crippen molar-refractivity contribution >= 4 is 0 Å². The molecule has 2 rings (SSSR count). The Morgan fingerprint density at radius 2 is 2.20 bits per heavy atom. The molecule has 1 fully saturated rings. The van der Waals surface area contributed by atoms with Gasteiger partial charge in [0.1, 0.15) is 0 Å². The van der Waals surface area contributed by atoms with Crippen molar-refractivity contribution in [1.82, 2.24) is 20.0 Å². The molecule has 1 aliphatic heterocycles. The highest BCUT2D eigenvalue weighted by Crippen LogP contribution is 2.21. The fourth-order valence-corrected chi connectivity index (χ4v) is 3.21. The van der Waals surface area contributed by atoms with Crippen LogP contribution in [-0.4, -0.2) is 39.9 Å². The van der Waals surface area contributed by atoms with E-state index in [2.05, 4.69) is 56.1 Å². The van der Waals surface area contributed by atoms with Gasteiger partial charge in [0.05, 0.1) is 11.4 Å². The lowest BCUT2D eigenvalue weighted by atomic mass is 9.94. The Balaban J connectivity index is 2.12. The molecule has 1 saturated heterocycles. The molecular weight excluding hydrogens is 248 g/mol. The Hall–Kier alpha value is -0.870. The van der Waals surface area contributed by atoms with Crippen LogP contribution >= 0.6 is 0 Å². The zero-order valence-electron chi connectivity index (χ0n) is 13.7. The third-order valence-electron chi connectivity index (χ3n) is 4.80. The first kappa shape index (κ1) is 15.5. The molecule has 0 bridgehead atoms. The zero-order valence-corrected chi connectivity index (χ0v) is 13.7. The molecule has 4 heteroatoms. The SMILES string of the molecule is CCC1CN(Cc2cc(C)nn2C)C(C(C)CC)CN1. The lowest BCUT2D eigenvalue weighted by Gasteiger charge is -2.43. The highest BCUT2D eigenvalue weighted by atomic mass is 15.3. The molecule has 2 heterocycles. The molecule has 0 radical (unpaired) electrons. The van der Waals surface area contributed by atoms with Gasteiger partial charge in [0.2, 0.25) is 0 Å². The van der Waals surface area contributed by atoms with Crippen molar-refractivity contribution in [2.75, 3.05) is 13.1 Å². The van der Waals surface area contributed by atoms with Gasteiger partial charge < -0.3 is 5.32 Å². The Morgan fingerprint density at radius 1 is 1.45 bits per heavy atom. The molecule has 1 aliphatic rings. The quantitative estimate of drug-likeness (QED) is 0.897. The first-order chi connectivity index (χ1) is 9.55. The first-order valence-corrected chi connectivity index (χ1v) is 8.02. The molecule has 20 heavy (non-hydrogen) atoms. The second kappa shape index (κ2) is 6.72. The average molecular weight is 278 g/mol. The zero-order chi connectivity index (χ0) is 14.7. The molecule has 3 atom stereocenters. The number of rotatable bonds is 5. The smallest absolute Gasteiger partial charge is 0.0597 e. The van der Waals surface area contributed by atoms with Crippen LogP contribution in [0.2, 0.25) is 0 Å². The van der Waals surface area contributed by atoms with Gasteiger partial charge in [0.25, 0.3) is 0 Å². The van der Waals surface area contributed by atoms with Crippen LogP contribution in [0, 0.1) is 12.8 Å². The maximum atomic E-state index is 4.48. The van der Waals surface area contributed by atoms with Crippen LogP contribution in [0.5, 0.6) is 0 Å². The highest BCUT2D eigenvalue weighted by molar-refractivity contribution is 5.09. The van der Waals surface area contributed by atoms with E-state index in [1.54, 1.807) is 0 Å². The van der Waals surface area contributed by atoms with E-state index >= 15 is 0 Å². The maximum absolute atomic E-state index is 4.48. The summed E-state index contributed by atoms with van der Waals surface area (Å²) >= 11 is 0. The minimum absolute atomic E-state index is 0.629. The lowest BCUT2D eigenvalue weighted by Crippen LogP contribution is -2.58. The summed E-state index contributed by atoms with van der Waals surface area (Å²) in [5, 5.41) is 8.19. The predicted molar refractivity (Wildman–Crippen MR) is 83.7 cm³/mol. The first-order valence-electron chi connectivity index (χ1n) is 8.02. The topological polar surface area (TPSA) is 33.1 Å². The summed E-state index contributed by atoms with van der Waals surface area (Å²) in [4.78, 5) is 2.66. The molecule has 0 saturated carbocycles. The Labute approximate surface area is 123 Å². The summed E-state index contributed by atoms with van der Waals surface area (Å²) in [7, 11) is 2.06. The third-order valence-corrected chi connectivity index (χ3v) is 4.80. The van der Waals surface area contributed by atoms with E-state index in [4.69, 9.17) is 0 Å². The van der Waals surface area contributed by atoms with Crippen molar-refractivity contribution in [2.45, 2.75) is 59.2 Å². The lowest BCUT2D eigenvalue weighted by molar-refractivity contribution is 0.0809. The van der Waals surface area contributed by atoms with Crippen molar-refractivity contribution in [1.29, 1.82) is 0 Å². The number of piperazine rings is 1. The molecule has 0 aliphatic carbocycles. The highest BCUT2D eigenvalue weighted by Gasteiger charge is 2.30. The van der Waals surface area contributed by atoms with E-state index in [1.165, 1.54) is 18.5 Å². The van der Waals surface area contributed by atoms with Crippen molar-refractivity contribution in [3.8, 4) is 0 Å². The van der Waals surface area contributed by atoms with Gasteiger partial charge in [0.15, 0.2) is 0 Å².